The Hall–Kier alpha value is -1.79. The van der Waals surface area contributed by atoms with Crippen molar-refractivity contribution in [1.29, 1.82) is 0 Å². The summed E-state index contributed by atoms with van der Waals surface area (Å²) < 4.78 is 22.8. The van der Waals surface area contributed by atoms with Crippen molar-refractivity contribution >= 4 is 5.91 Å². The number of carbonyl (C=O) groups is 1. The first-order valence-corrected chi connectivity index (χ1v) is 33.7. The van der Waals surface area contributed by atoms with E-state index in [4.69, 9.17) is 18.9 Å². The minimum absolute atomic E-state index is 0.236. The van der Waals surface area contributed by atoms with Crippen LogP contribution in [0.4, 0.5) is 0 Å². The van der Waals surface area contributed by atoms with Gasteiger partial charge in [-0.15, -0.1) is 0 Å². The van der Waals surface area contributed by atoms with Gasteiger partial charge >= 0.3 is 0 Å². The Bertz CT molecular complexity index is 1500. The van der Waals surface area contributed by atoms with E-state index in [0.29, 0.717) is 6.42 Å². The van der Waals surface area contributed by atoms with Gasteiger partial charge in [-0.3, -0.25) is 4.79 Å². The fourth-order valence-electron chi connectivity index (χ4n) is 11.1. The lowest BCUT2D eigenvalue weighted by molar-refractivity contribution is -0.359. The van der Waals surface area contributed by atoms with E-state index in [1.165, 1.54) is 218 Å². The number of ether oxygens (including phenoxy) is 4. The largest absolute Gasteiger partial charge is 0.394 e. The van der Waals surface area contributed by atoms with Crippen molar-refractivity contribution in [2.75, 3.05) is 19.8 Å². The summed E-state index contributed by atoms with van der Waals surface area (Å²) in [6, 6.07) is -0.914. The number of hydrogen-bond acceptors (Lipinski definition) is 13. The number of rotatable bonds is 55. The Kier molecular flexibility index (Phi) is 48.8. The van der Waals surface area contributed by atoms with E-state index in [1.54, 1.807) is 6.08 Å². The van der Waals surface area contributed by atoms with Crippen LogP contribution in [-0.4, -0.2) is 140 Å². The smallest absolute Gasteiger partial charge is 0.220 e. The molecule has 0 aromatic rings. The third-order valence-electron chi connectivity index (χ3n) is 16.6. The van der Waals surface area contributed by atoms with Crippen molar-refractivity contribution in [1.82, 2.24) is 5.32 Å². The standard InChI is InChI=1S/C67H125NO13/c1-3-5-7-9-11-13-15-17-19-21-23-25-26-27-28-29-30-31-33-35-37-39-41-43-45-47-49-51-59(72)68-55(56(71)50-48-46-44-42-40-38-36-34-32-24-22-20-18-16-14-12-10-8-6-4-2)54-78-66-64(77)62(75)65(58(53-70)80-66)81-67-63(76)61(74)60(73)57(52-69)79-67/h15,17,21,23,48,50,55-58,60-67,69-71,73-77H,3-14,16,18-20,22,24-47,49,51-54H2,1-2H3,(H,68,72)/b17-15-,23-21-,50-48+. The summed E-state index contributed by atoms with van der Waals surface area (Å²) in [6.07, 6.45) is 49.0. The molecule has 0 spiro atoms. The average molecular weight is 1150 g/mol. The number of aliphatic hydroxyl groups excluding tert-OH is 8. The van der Waals surface area contributed by atoms with Crippen LogP contribution >= 0.6 is 0 Å². The SMILES string of the molecule is CCCCCCC/C=C\C/C=C\CCCCCCCCCCCCCCCCCC(=O)NC(COC1OC(CO)C(OC2OC(CO)C(O)C(O)C2O)C(O)C1O)C(O)/C=C/CCCCCCCCCCCCCCCCCCCC. The molecule has 2 heterocycles. The van der Waals surface area contributed by atoms with Gasteiger partial charge in [0.2, 0.25) is 5.91 Å². The molecule has 2 aliphatic rings. The minimum atomic E-state index is -1.79. The molecule has 2 saturated heterocycles. The molecule has 12 unspecified atom stereocenters. The second-order valence-electron chi connectivity index (χ2n) is 24.0. The Morgan fingerprint density at radius 2 is 0.815 bits per heavy atom. The van der Waals surface area contributed by atoms with Gasteiger partial charge in [-0.1, -0.05) is 269 Å². The number of allylic oxidation sites excluding steroid dienone is 5. The monoisotopic (exact) mass is 1150 g/mol. The van der Waals surface area contributed by atoms with Crippen LogP contribution in [0.15, 0.2) is 36.5 Å². The van der Waals surface area contributed by atoms with E-state index in [0.717, 1.165) is 44.9 Å². The first-order chi connectivity index (χ1) is 39.6. The van der Waals surface area contributed by atoms with Crippen LogP contribution in [0.2, 0.25) is 0 Å². The predicted octanol–water partition coefficient (Wildman–Crippen LogP) is 13.0. The first-order valence-electron chi connectivity index (χ1n) is 33.7. The van der Waals surface area contributed by atoms with Crippen LogP contribution in [0.1, 0.15) is 290 Å². The molecule has 14 heteroatoms. The van der Waals surface area contributed by atoms with E-state index in [2.05, 4.69) is 43.5 Å². The van der Waals surface area contributed by atoms with Gasteiger partial charge in [0.25, 0.3) is 0 Å². The summed E-state index contributed by atoms with van der Waals surface area (Å²) in [5.41, 5.74) is 0. The highest BCUT2D eigenvalue weighted by atomic mass is 16.7. The zero-order chi connectivity index (χ0) is 58.8. The third kappa shape index (κ3) is 37.4. The number of aliphatic hydroxyl groups is 8. The summed E-state index contributed by atoms with van der Waals surface area (Å²) in [7, 11) is 0. The number of unbranched alkanes of at least 4 members (excludes halogenated alkanes) is 38. The lowest BCUT2D eigenvalue weighted by Crippen LogP contribution is -2.65. The summed E-state index contributed by atoms with van der Waals surface area (Å²) in [6.45, 7) is 2.83. The molecule has 2 rings (SSSR count). The summed E-state index contributed by atoms with van der Waals surface area (Å²) in [5, 5.41) is 87.3. The van der Waals surface area contributed by atoms with Crippen LogP contribution in [0.25, 0.3) is 0 Å². The highest BCUT2D eigenvalue weighted by molar-refractivity contribution is 5.76. The molecule has 12 atom stereocenters. The highest BCUT2D eigenvalue weighted by Crippen LogP contribution is 2.30. The molecule has 2 fully saturated rings. The quantitative estimate of drug-likeness (QED) is 0.0204. The Morgan fingerprint density at radius 1 is 0.444 bits per heavy atom. The van der Waals surface area contributed by atoms with Gasteiger partial charge in [0.15, 0.2) is 12.6 Å². The van der Waals surface area contributed by atoms with Crippen LogP contribution in [-0.2, 0) is 23.7 Å². The summed E-state index contributed by atoms with van der Waals surface area (Å²) >= 11 is 0. The second kappa shape index (κ2) is 52.5. The third-order valence-corrected chi connectivity index (χ3v) is 16.6. The van der Waals surface area contributed by atoms with E-state index < -0.39 is 86.8 Å². The van der Waals surface area contributed by atoms with E-state index in [-0.39, 0.29) is 18.9 Å². The average Bonchev–Trinajstić information content (AvgIpc) is 3.62. The fourth-order valence-corrected chi connectivity index (χ4v) is 11.1. The van der Waals surface area contributed by atoms with Crippen molar-refractivity contribution in [3.05, 3.63) is 36.5 Å². The molecule has 0 aromatic heterocycles. The number of amides is 1. The first kappa shape index (κ1) is 75.3. The number of hydrogen-bond donors (Lipinski definition) is 9. The molecule has 2 aliphatic heterocycles. The zero-order valence-electron chi connectivity index (χ0n) is 51.5. The van der Waals surface area contributed by atoms with Gasteiger partial charge in [0, 0.05) is 6.42 Å². The van der Waals surface area contributed by atoms with Gasteiger partial charge in [-0.2, -0.15) is 0 Å². The molecule has 0 aliphatic carbocycles. The summed E-state index contributed by atoms with van der Waals surface area (Å²) in [4.78, 5) is 13.3. The predicted molar refractivity (Wildman–Crippen MR) is 328 cm³/mol. The Balaban J connectivity index is 1.70. The van der Waals surface area contributed by atoms with Crippen LogP contribution < -0.4 is 5.32 Å². The van der Waals surface area contributed by atoms with Gasteiger partial charge in [-0.25, -0.2) is 0 Å². The van der Waals surface area contributed by atoms with Crippen molar-refractivity contribution in [3.63, 3.8) is 0 Å². The molecule has 476 valence electrons. The Labute approximate surface area is 493 Å². The van der Waals surface area contributed by atoms with Gasteiger partial charge in [0.05, 0.1) is 32.0 Å². The van der Waals surface area contributed by atoms with Gasteiger partial charge < -0.3 is 65.1 Å². The lowest BCUT2D eigenvalue weighted by atomic mass is 9.97. The van der Waals surface area contributed by atoms with Crippen molar-refractivity contribution in [2.24, 2.45) is 0 Å². The normalized spacial score (nSPS) is 24.3. The highest BCUT2D eigenvalue weighted by Gasteiger charge is 2.51. The van der Waals surface area contributed by atoms with Crippen molar-refractivity contribution in [3.8, 4) is 0 Å². The maximum absolute atomic E-state index is 13.3. The van der Waals surface area contributed by atoms with Gasteiger partial charge in [0.1, 0.15) is 48.8 Å². The molecule has 0 radical (unpaired) electrons. The Morgan fingerprint density at radius 3 is 1.23 bits per heavy atom. The molecule has 1 amide bonds. The van der Waals surface area contributed by atoms with E-state index in [9.17, 15) is 45.6 Å². The molecule has 0 aromatic carbocycles. The maximum atomic E-state index is 13.3. The van der Waals surface area contributed by atoms with Crippen molar-refractivity contribution in [2.45, 2.75) is 364 Å². The van der Waals surface area contributed by atoms with E-state index in [1.807, 2.05) is 6.08 Å². The zero-order valence-corrected chi connectivity index (χ0v) is 51.5. The molecular weight excluding hydrogens is 1030 g/mol. The molecular formula is C67H125NO13. The molecule has 0 bridgehead atoms. The van der Waals surface area contributed by atoms with E-state index >= 15 is 0 Å². The van der Waals surface area contributed by atoms with Crippen LogP contribution in [0.5, 0.6) is 0 Å². The molecule has 9 N–H and O–H groups in total. The lowest BCUT2D eigenvalue weighted by Gasteiger charge is -2.46. The van der Waals surface area contributed by atoms with Crippen molar-refractivity contribution < 1.29 is 64.6 Å². The second-order valence-corrected chi connectivity index (χ2v) is 24.0. The van der Waals surface area contributed by atoms with Gasteiger partial charge in [-0.05, 0) is 51.4 Å². The fraction of sp³-hybridized carbons (Fsp3) is 0.896. The molecule has 14 nitrogen and oxygen atoms in total. The molecule has 81 heavy (non-hydrogen) atoms. The maximum Gasteiger partial charge on any atom is 0.220 e. The summed E-state index contributed by atoms with van der Waals surface area (Å²) in [5.74, 6) is -0.236. The number of nitrogens with one attached hydrogen (secondary N) is 1. The van der Waals surface area contributed by atoms with Crippen LogP contribution in [0, 0.1) is 0 Å². The molecule has 0 saturated carbocycles. The minimum Gasteiger partial charge on any atom is -0.394 e. The van der Waals surface area contributed by atoms with Crippen LogP contribution in [0.3, 0.4) is 0 Å². The topological polar surface area (TPSA) is 228 Å². The number of carbonyl (C=O) groups excluding carboxylic acids is 1.